The first-order chi connectivity index (χ1) is 12.0. The van der Waals surface area contributed by atoms with Gasteiger partial charge in [0.25, 0.3) is 5.56 Å². The Morgan fingerprint density at radius 1 is 1.16 bits per heavy atom. The van der Waals surface area contributed by atoms with Gasteiger partial charge >= 0.3 is 0 Å². The molecule has 25 heavy (non-hydrogen) atoms. The highest BCUT2D eigenvalue weighted by molar-refractivity contribution is 7.17. The van der Waals surface area contributed by atoms with Gasteiger partial charge in [-0.25, -0.2) is 4.98 Å². The van der Waals surface area contributed by atoms with Crippen LogP contribution < -0.4 is 11.0 Å². The normalized spacial score (nSPS) is 11.7. The summed E-state index contributed by atoms with van der Waals surface area (Å²) in [6.45, 7) is 5.91. The number of hydrogen-bond acceptors (Lipinski definition) is 4. The van der Waals surface area contributed by atoms with Crippen LogP contribution in [0.2, 0.25) is 0 Å². The highest BCUT2D eigenvalue weighted by atomic mass is 32.1. The Morgan fingerprint density at radius 2 is 1.88 bits per heavy atom. The van der Waals surface area contributed by atoms with Gasteiger partial charge in [-0.05, 0) is 30.0 Å². The summed E-state index contributed by atoms with van der Waals surface area (Å²) in [4.78, 5) is 34.0. The predicted octanol–water partition coefficient (Wildman–Crippen LogP) is 3.72. The molecule has 0 atom stereocenters. The number of para-hydroxylation sites is 1. The molecule has 4 rings (SSSR count). The van der Waals surface area contributed by atoms with Gasteiger partial charge < -0.3 is 4.98 Å². The van der Waals surface area contributed by atoms with E-state index in [4.69, 9.17) is 0 Å². The fourth-order valence-corrected chi connectivity index (χ4v) is 4.00. The van der Waals surface area contributed by atoms with E-state index in [-0.39, 0.29) is 22.3 Å². The summed E-state index contributed by atoms with van der Waals surface area (Å²) in [7, 11) is 0. The zero-order valence-electron chi connectivity index (χ0n) is 14.2. The van der Waals surface area contributed by atoms with Crippen molar-refractivity contribution in [3.63, 3.8) is 0 Å². The number of hydrogen-bond donors (Lipinski definition) is 1. The van der Waals surface area contributed by atoms with Gasteiger partial charge in [0.1, 0.15) is 16.9 Å². The Morgan fingerprint density at radius 3 is 2.56 bits per heavy atom. The van der Waals surface area contributed by atoms with Crippen LogP contribution >= 0.6 is 11.3 Å². The summed E-state index contributed by atoms with van der Waals surface area (Å²) in [5, 5.41) is 2.03. The van der Waals surface area contributed by atoms with Gasteiger partial charge in [-0.1, -0.05) is 32.0 Å². The average Bonchev–Trinajstić information content (AvgIpc) is 2.96. The summed E-state index contributed by atoms with van der Waals surface area (Å²) in [6.07, 6.45) is 0. The summed E-state index contributed by atoms with van der Waals surface area (Å²) in [5.41, 5.74) is 2.25. The van der Waals surface area contributed by atoms with Crippen LogP contribution in [0.25, 0.3) is 26.9 Å². The Kier molecular flexibility index (Phi) is 3.58. The van der Waals surface area contributed by atoms with Gasteiger partial charge in [-0.15, -0.1) is 11.3 Å². The lowest BCUT2D eigenvalue weighted by Gasteiger charge is -2.15. The number of thiophene rings is 1. The van der Waals surface area contributed by atoms with Crippen molar-refractivity contribution >= 4 is 32.6 Å². The van der Waals surface area contributed by atoms with Crippen molar-refractivity contribution in [1.29, 1.82) is 0 Å². The molecular weight excluding hydrogens is 334 g/mol. The van der Waals surface area contributed by atoms with E-state index in [1.165, 1.54) is 11.3 Å². The van der Waals surface area contributed by atoms with Crippen molar-refractivity contribution < 1.29 is 0 Å². The van der Waals surface area contributed by atoms with Crippen LogP contribution in [0, 0.1) is 6.92 Å². The molecule has 0 aliphatic rings. The van der Waals surface area contributed by atoms with Gasteiger partial charge in [0.05, 0.1) is 15.9 Å². The minimum Gasteiger partial charge on any atom is -0.338 e. The number of nitrogens with one attached hydrogen (secondary N) is 1. The summed E-state index contributed by atoms with van der Waals surface area (Å²) >= 11 is 1.36. The molecule has 0 saturated carbocycles. The molecule has 0 aliphatic heterocycles. The summed E-state index contributed by atoms with van der Waals surface area (Å²) in [6, 6.07) is 9.33. The Labute approximate surface area is 147 Å². The molecule has 3 heterocycles. The van der Waals surface area contributed by atoms with Crippen LogP contribution in [0.4, 0.5) is 0 Å². The maximum absolute atomic E-state index is 13.2. The molecule has 0 aliphatic carbocycles. The molecule has 0 unspecified atom stereocenters. The van der Waals surface area contributed by atoms with Crippen LogP contribution in [0.1, 0.15) is 31.2 Å². The van der Waals surface area contributed by atoms with E-state index in [0.717, 1.165) is 11.1 Å². The van der Waals surface area contributed by atoms with Crippen LogP contribution in [-0.2, 0) is 0 Å². The number of benzene rings is 1. The molecule has 0 fully saturated rings. The van der Waals surface area contributed by atoms with Gasteiger partial charge in [0, 0.05) is 5.92 Å². The third kappa shape index (κ3) is 2.33. The highest BCUT2D eigenvalue weighted by Gasteiger charge is 2.19. The number of aromatic nitrogens is 3. The topological polar surface area (TPSA) is 67.8 Å². The number of aromatic amines is 1. The summed E-state index contributed by atoms with van der Waals surface area (Å²) in [5.74, 6) is 0.659. The molecule has 1 N–H and O–H groups in total. The third-order valence-electron chi connectivity index (χ3n) is 4.29. The van der Waals surface area contributed by atoms with Gasteiger partial charge in [0.2, 0.25) is 5.43 Å². The molecule has 5 nitrogen and oxygen atoms in total. The number of H-pyrrole nitrogens is 1. The second-order valence-electron chi connectivity index (χ2n) is 6.40. The van der Waals surface area contributed by atoms with Crippen molar-refractivity contribution in [2.24, 2.45) is 0 Å². The maximum atomic E-state index is 13.2. The molecular formula is C19H17N3O2S. The average molecular weight is 351 g/mol. The van der Waals surface area contributed by atoms with Crippen molar-refractivity contribution in [3.8, 4) is 5.69 Å². The zero-order valence-corrected chi connectivity index (χ0v) is 15.0. The monoisotopic (exact) mass is 351 g/mol. The van der Waals surface area contributed by atoms with Crippen molar-refractivity contribution in [2.45, 2.75) is 26.7 Å². The summed E-state index contributed by atoms with van der Waals surface area (Å²) < 4.78 is 2.12. The molecule has 0 saturated heterocycles. The third-order valence-corrected chi connectivity index (χ3v) is 5.39. The highest BCUT2D eigenvalue weighted by Crippen LogP contribution is 2.23. The van der Waals surface area contributed by atoms with E-state index in [1.807, 2.05) is 56.5 Å². The van der Waals surface area contributed by atoms with E-state index >= 15 is 0 Å². The lowest BCUT2D eigenvalue weighted by molar-refractivity contribution is 0.721. The van der Waals surface area contributed by atoms with E-state index in [9.17, 15) is 9.59 Å². The predicted molar refractivity (Wildman–Crippen MR) is 102 cm³/mol. The first-order valence-electron chi connectivity index (χ1n) is 8.11. The van der Waals surface area contributed by atoms with Gasteiger partial charge in [0.15, 0.2) is 0 Å². The van der Waals surface area contributed by atoms with Crippen molar-refractivity contribution in [3.05, 3.63) is 67.7 Å². The Balaban J connectivity index is 2.23. The van der Waals surface area contributed by atoms with Crippen molar-refractivity contribution in [2.75, 3.05) is 0 Å². The van der Waals surface area contributed by atoms with Crippen LogP contribution in [0.15, 0.2) is 45.3 Å². The second-order valence-corrected chi connectivity index (χ2v) is 7.28. The first kappa shape index (κ1) is 15.8. The smallest absolute Gasteiger partial charge is 0.271 e. The lowest BCUT2D eigenvalue weighted by atomic mass is 10.1. The number of pyridine rings is 1. The first-order valence-corrected chi connectivity index (χ1v) is 8.99. The van der Waals surface area contributed by atoms with E-state index in [1.54, 1.807) is 4.57 Å². The van der Waals surface area contributed by atoms with Gasteiger partial charge in [-0.2, -0.15) is 0 Å². The molecule has 0 bridgehead atoms. The zero-order chi connectivity index (χ0) is 17.7. The number of nitrogens with zero attached hydrogens (tertiary/aromatic N) is 2. The number of rotatable bonds is 2. The quantitative estimate of drug-likeness (QED) is 0.598. The molecule has 0 spiro atoms. The largest absolute Gasteiger partial charge is 0.338 e. The fraction of sp³-hybridized carbons (Fsp3) is 0.211. The SMILES string of the molecule is Cc1csc2c(=O)c3c(=O)n(-c4ccccc4)c(C(C)C)nc3[nH]c12. The van der Waals surface area contributed by atoms with E-state index in [0.29, 0.717) is 21.9 Å². The number of fused-ring (bicyclic) bond motifs is 2. The molecule has 0 amide bonds. The Bertz CT molecular complexity index is 1220. The van der Waals surface area contributed by atoms with Crippen molar-refractivity contribution in [1.82, 2.24) is 14.5 Å². The molecule has 1 aromatic carbocycles. The Hall–Kier alpha value is -2.73. The van der Waals surface area contributed by atoms with E-state index < -0.39 is 0 Å². The van der Waals surface area contributed by atoms with Crippen LogP contribution in [0.5, 0.6) is 0 Å². The minimum atomic E-state index is -0.325. The second kappa shape index (κ2) is 5.67. The van der Waals surface area contributed by atoms with Crippen LogP contribution in [0.3, 0.4) is 0 Å². The number of aryl methyl sites for hydroxylation is 1. The molecule has 6 heteroatoms. The van der Waals surface area contributed by atoms with E-state index in [2.05, 4.69) is 9.97 Å². The fourth-order valence-electron chi connectivity index (χ4n) is 3.05. The lowest BCUT2D eigenvalue weighted by Crippen LogP contribution is -2.28. The minimum absolute atomic E-state index is 0.0278. The molecule has 126 valence electrons. The maximum Gasteiger partial charge on any atom is 0.271 e. The molecule has 3 aromatic heterocycles. The molecule has 4 aromatic rings. The van der Waals surface area contributed by atoms with Gasteiger partial charge in [-0.3, -0.25) is 14.2 Å². The standard InChI is InChI=1S/C19H17N3O2S/c1-10(2)18-21-17-13(15(23)16-14(20-17)11(3)9-25-16)19(24)22(18)12-7-5-4-6-8-12/h4-10H,1-3H3,(H,20,23). The molecule has 0 radical (unpaired) electrons. The van der Waals surface area contributed by atoms with Crippen LogP contribution in [-0.4, -0.2) is 14.5 Å².